The zero-order valence-corrected chi connectivity index (χ0v) is 21.5. The largest absolute Gasteiger partial charge is 0.497 e. The second-order valence-corrected chi connectivity index (χ2v) is 9.45. The van der Waals surface area contributed by atoms with E-state index in [2.05, 4.69) is 5.32 Å². The Morgan fingerprint density at radius 2 is 1.76 bits per heavy atom. The number of nitrogens with zero attached hydrogens (tertiary/aromatic N) is 4. The van der Waals surface area contributed by atoms with E-state index >= 15 is 0 Å². The van der Waals surface area contributed by atoms with Gasteiger partial charge in [0.2, 0.25) is 11.8 Å². The Morgan fingerprint density at radius 3 is 2.41 bits per heavy atom. The van der Waals surface area contributed by atoms with Gasteiger partial charge in [0.15, 0.2) is 0 Å². The highest BCUT2D eigenvalue weighted by Gasteiger charge is 2.50. The molecule has 0 spiro atoms. The van der Waals surface area contributed by atoms with E-state index < -0.39 is 12.2 Å². The van der Waals surface area contributed by atoms with Crippen molar-refractivity contribution in [3.05, 3.63) is 65.5 Å². The molecule has 1 N–H and O–H groups in total. The molecule has 2 aliphatic heterocycles. The lowest BCUT2D eigenvalue weighted by atomic mass is 10.0. The van der Waals surface area contributed by atoms with Gasteiger partial charge >= 0.3 is 6.03 Å². The SMILES string of the molecule is CCCC[C@H]1C(=O)N(Cc2ccc(F)cc2)CC2N1C(=O)CN(C)N2C(=O)NCc1ccc(OC)cc1. The van der Waals surface area contributed by atoms with E-state index in [0.29, 0.717) is 13.0 Å². The Kier molecular flexibility index (Phi) is 8.27. The molecular formula is C27H34FN5O4. The fourth-order valence-electron chi connectivity index (χ4n) is 4.93. The normalized spacial score (nSPS) is 20.2. The molecule has 2 heterocycles. The fraction of sp³-hybridized carbons (Fsp3) is 0.444. The highest BCUT2D eigenvalue weighted by Crippen LogP contribution is 2.29. The number of piperazine rings is 1. The van der Waals surface area contributed by atoms with Crippen molar-refractivity contribution in [2.45, 2.75) is 51.5 Å². The standard InChI is InChI=1S/C27H34FN5O4/c1-4-5-6-23-26(35)31(16-20-7-11-21(28)12-8-20)17-24-32(23)25(34)18-30(2)33(24)27(36)29-15-19-9-13-22(37-3)14-10-19/h7-14,23-24H,4-6,15-18H2,1-3H3,(H,29,36)/t23-,24?/m0/s1. The van der Waals surface area contributed by atoms with Gasteiger partial charge in [0, 0.05) is 20.1 Å². The summed E-state index contributed by atoms with van der Waals surface area (Å²) in [6.45, 7) is 2.76. The van der Waals surface area contributed by atoms with Gasteiger partial charge in [0.1, 0.15) is 23.8 Å². The molecule has 37 heavy (non-hydrogen) atoms. The maximum Gasteiger partial charge on any atom is 0.334 e. The molecule has 4 rings (SSSR count). The number of amides is 4. The highest BCUT2D eigenvalue weighted by atomic mass is 19.1. The van der Waals surface area contributed by atoms with Gasteiger partial charge in [-0.2, -0.15) is 0 Å². The second-order valence-electron chi connectivity index (χ2n) is 9.45. The lowest BCUT2D eigenvalue weighted by Crippen LogP contribution is -2.75. The van der Waals surface area contributed by atoms with Crippen molar-refractivity contribution in [1.29, 1.82) is 0 Å². The summed E-state index contributed by atoms with van der Waals surface area (Å²) >= 11 is 0. The highest BCUT2D eigenvalue weighted by molar-refractivity contribution is 5.91. The Bertz CT molecular complexity index is 1110. The molecule has 198 valence electrons. The van der Waals surface area contributed by atoms with Gasteiger partial charge in [-0.1, -0.05) is 44.0 Å². The molecule has 2 atom stereocenters. The number of hydrogen-bond acceptors (Lipinski definition) is 5. The first-order valence-corrected chi connectivity index (χ1v) is 12.6. The van der Waals surface area contributed by atoms with Crippen molar-refractivity contribution in [3.63, 3.8) is 0 Å². The van der Waals surface area contributed by atoms with Crippen molar-refractivity contribution < 1.29 is 23.5 Å². The Balaban J connectivity index is 1.57. The number of hydrogen-bond donors (Lipinski definition) is 1. The van der Waals surface area contributed by atoms with Crippen LogP contribution in [0.1, 0.15) is 37.3 Å². The van der Waals surface area contributed by atoms with Gasteiger partial charge in [-0.3, -0.25) is 9.59 Å². The number of hydrazine groups is 1. The van der Waals surface area contributed by atoms with E-state index in [1.165, 1.54) is 17.1 Å². The minimum Gasteiger partial charge on any atom is -0.497 e. The number of halogens is 1. The predicted octanol–water partition coefficient (Wildman–Crippen LogP) is 2.96. The number of unbranched alkanes of at least 4 members (excludes halogenated alkanes) is 1. The molecule has 2 aliphatic rings. The van der Waals surface area contributed by atoms with Gasteiger partial charge in [-0.05, 0) is 41.8 Å². The Hall–Kier alpha value is -3.66. The maximum atomic E-state index is 13.5. The molecular weight excluding hydrogens is 477 g/mol. The monoisotopic (exact) mass is 511 g/mol. The summed E-state index contributed by atoms with van der Waals surface area (Å²) < 4.78 is 18.6. The molecule has 9 nitrogen and oxygen atoms in total. The first-order valence-electron chi connectivity index (χ1n) is 12.6. The van der Waals surface area contributed by atoms with Crippen LogP contribution in [0.5, 0.6) is 5.75 Å². The van der Waals surface area contributed by atoms with E-state index in [1.54, 1.807) is 41.1 Å². The van der Waals surface area contributed by atoms with Crippen LogP contribution in [0.15, 0.2) is 48.5 Å². The van der Waals surface area contributed by atoms with Crippen molar-refractivity contribution >= 4 is 17.8 Å². The van der Waals surface area contributed by atoms with Crippen LogP contribution in [0.25, 0.3) is 0 Å². The van der Waals surface area contributed by atoms with Crippen molar-refractivity contribution in [2.75, 3.05) is 27.2 Å². The average molecular weight is 512 g/mol. The van der Waals surface area contributed by atoms with Crippen LogP contribution >= 0.6 is 0 Å². The molecule has 0 aromatic heterocycles. The summed E-state index contributed by atoms with van der Waals surface area (Å²) in [5, 5.41) is 6.09. The lowest BCUT2D eigenvalue weighted by molar-refractivity contribution is -0.188. The third-order valence-corrected chi connectivity index (χ3v) is 6.87. The summed E-state index contributed by atoms with van der Waals surface area (Å²) in [4.78, 5) is 43.4. The van der Waals surface area contributed by atoms with Crippen LogP contribution in [0.3, 0.4) is 0 Å². The number of fused-ring (bicyclic) bond motifs is 1. The van der Waals surface area contributed by atoms with Crippen molar-refractivity contribution in [3.8, 4) is 5.75 Å². The molecule has 2 fully saturated rings. The van der Waals surface area contributed by atoms with Gasteiger partial charge in [-0.15, -0.1) is 0 Å². The van der Waals surface area contributed by atoms with Crippen LogP contribution in [-0.4, -0.2) is 77.1 Å². The van der Waals surface area contributed by atoms with E-state index in [-0.39, 0.29) is 43.3 Å². The Labute approximate surface area is 216 Å². The number of benzene rings is 2. The van der Waals surface area contributed by atoms with Gasteiger partial charge in [0.25, 0.3) is 0 Å². The van der Waals surface area contributed by atoms with E-state index in [9.17, 15) is 18.8 Å². The zero-order valence-electron chi connectivity index (χ0n) is 21.5. The molecule has 0 saturated carbocycles. The molecule has 2 saturated heterocycles. The third kappa shape index (κ3) is 5.85. The molecule has 1 unspecified atom stereocenters. The van der Waals surface area contributed by atoms with Crippen molar-refractivity contribution in [1.82, 2.24) is 25.1 Å². The number of rotatable bonds is 8. The summed E-state index contributed by atoms with van der Waals surface area (Å²) in [7, 11) is 3.29. The van der Waals surface area contributed by atoms with Gasteiger partial charge in [0.05, 0.1) is 20.2 Å². The number of nitrogens with one attached hydrogen (secondary N) is 1. The van der Waals surface area contributed by atoms with Crippen molar-refractivity contribution in [2.24, 2.45) is 0 Å². The van der Waals surface area contributed by atoms with E-state index in [1.807, 2.05) is 31.2 Å². The molecule has 2 aromatic rings. The van der Waals surface area contributed by atoms with E-state index in [0.717, 1.165) is 29.7 Å². The second kappa shape index (κ2) is 11.6. The average Bonchev–Trinajstić information content (AvgIpc) is 2.89. The lowest BCUT2D eigenvalue weighted by Gasteiger charge is -2.54. The number of carbonyl (C=O) groups is 3. The number of ether oxygens (including phenoxy) is 1. The van der Waals surface area contributed by atoms with Gasteiger partial charge < -0.3 is 19.9 Å². The first kappa shape index (κ1) is 26.4. The Morgan fingerprint density at radius 1 is 1.08 bits per heavy atom. The first-order chi connectivity index (χ1) is 17.8. The van der Waals surface area contributed by atoms with Crippen LogP contribution < -0.4 is 10.1 Å². The molecule has 10 heteroatoms. The van der Waals surface area contributed by atoms with Crippen LogP contribution in [0, 0.1) is 5.82 Å². The van der Waals surface area contributed by atoms with Gasteiger partial charge in [-0.25, -0.2) is 19.2 Å². The number of methoxy groups -OCH3 is 1. The summed E-state index contributed by atoms with van der Waals surface area (Å²) in [6, 6.07) is 12.4. The molecule has 2 aromatic carbocycles. The minimum absolute atomic E-state index is 0.000320. The maximum absolute atomic E-state index is 13.5. The topological polar surface area (TPSA) is 85.4 Å². The summed E-state index contributed by atoms with van der Waals surface area (Å²) in [6.07, 6.45) is 1.52. The smallest absolute Gasteiger partial charge is 0.334 e. The molecule has 0 bridgehead atoms. The molecule has 0 aliphatic carbocycles. The third-order valence-electron chi connectivity index (χ3n) is 6.87. The number of carbonyl (C=O) groups excluding carboxylic acids is 3. The minimum atomic E-state index is -0.655. The van der Waals surface area contributed by atoms with Crippen LogP contribution in [-0.2, 0) is 22.7 Å². The fourth-order valence-corrected chi connectivity index (χ4v) is 4.93. The van der Waals surface area contributed by atoms with Crippen LogP contribution in [0.2, 0.25) is 0 Å². The zero-order chi connectivity index (χ0) is 26.5. The number of urea groups is 1. The predicted molar refractivity (Wildman–Crippen MR) is 135 cm³/mol. The van der Waals surface area contributed by atoms with E-state index in [4.69, 9.17) is 4.74 Å². The number of likely N-dealkylation sites (N-methyl/N-ethyl adjacent to an activating group) is 1. The summed E-state index contributed by atoms with van der Waals surface area (Å²) in [5.74, 6) is 0.0549. The molecule has 4 amide bonds. The quantitative estimate of drug-likeness (QED) is 0.589. The summed E-state index contributed by atoms with van der Waals surface area (Å²) in [5.41, 5.74) is 1.68. The van der Waals surface area contributed by atoms with Crippen LogP contribution in [0.4, 0.5) is 9.18 Å². The molecule has 0 radical (unpaired) electrons.